The Labute approximate surface area is 66.9 Å². The van der Waals surface area contributed by atoms with E-state index in [4.69, 9.17) is 0 Å². The Morgan fingerprint density at radius 3 is 2.91 bits per heavy atom. The molecule has 0 aromatic carbocycles. The van der Waals surface area contributed by atoms with E-state index in [0.29, 0.717) is 0 Å². The molecule has 0 saturated carbocycles. The summed E-state index contributed by atoms with van der Waals surface area (Å²) in [6.45, 7) is 0. The fourth-order valence-corrected chi connectivity index (χ4v) is 1.31. The van der Waals surface area contributed by atoms with E-state index in [-0.39, 0.29) is 0 Å². The van der Waals surface area contributed by atoms with E-state index in [1.54, 1.807) is 0 Å². The van der Waals surface area contributed by atoms with Gasteiger partial charge in [0.1, 0.15) is 0 Å². The second-order valence-corrected chi connectivity index (χ2v) is 2.69. The lowest BCUT2D eigenvalue weighted by atomic mass is 9.98. The van der Waals surface area contributed by atoms with Crippen LogP contribution in [0, 0.1) is 0 Å². The molecule has 0 amide bonds. The smallest absolute Gasteiger partial charge is 0.00884 e. The molecule has 54 valence electrons. The summed E-state index contributed by atoms with van der Waals surface area (Å²) in [5.41, 5.74) is 2.76. The van der Waals surface area contributed by atoms with Crippen molar-refractivity contribution in [1.82, 2.24) is 0 Å². The highest BCUT2D eigenvalue weighted by Gasteiger charge is 2.02. The van der Waals surface area contributed by atoms with Crippen LogP contribution < -0.4 is 0 Å². The lowest BCUT2D eigenvalue weighted by molar-refractivity contribution is 1.22. The zero-order valence-electron chi connectivity index (χ0n) is 6.33. The second kappa shape index (κ2) is 2.75. The molecule has 0 heteroatoms. The molecule has 0 aromatic heterocycles. The largest absolute Gasteiger partial charge is 0.0801 e. The highest BCUT2D eigenvalue weighted by Crippen LogP contribution is 2.21. The van der Waals surface area contributed by atoms with Crippen LogP contribution in [0.2, 0.25) is 0 Å². The molecule has 0 aromatic rings. The van der Waals surface area contributed by atoms with Crippen LogP contribution in [0.1, 0.15) is 6.42 Å². The summed E-state index contributed by atoms with van der Waals surface area (Å²) in [7, 11) is 0. The van der Waals surface area contributed by atoms with Crippen molar-refractivity contribution in [3.05, 3.63) is 59.8 Å². The summed E-state index contributed by atoms with van der Waals surface area (Å²) < 4.78 is 0. The van der Waals surface area contributed by atoms with Gasteiger partial charge in [-0.05, 0) is 17.6 Å². The first kappa shape index (κ1) is 6.41. The highest BCUT2D eigenvalue weighted by molar-refractivity contribution is 5.49. The summed E-state index contributed by atoms with van der Waals surface area (Å²) in [5, 5.41) is 0. The van der Waals surface area contributed by atoms with Gasteiger partial charge in [0, 0.05) is 0 Å². The van der Waals surface area contributed by atoms with Crippen molar-refractivity contribution in [2.45, 2.75) is 6.42 Å². The maximum atomic E-state index is 2.18. The van der Waals surface area contributed by atoms with Gasteiger partial charge in [-0.2, -0.15) is 0 Å². The molecule has 0 atom stereocenters. The average Bonchev–Trinajstić information content (AvgIpc) is 2.28. The van der Waals surface area contributed by atoms with Crippen molar-refractivity contribution in [3.8, 4) is 0 Å². The third-order valence-corrected chi connectivity index (χ3v) is 1.92. The minimum atomic E-state index is 1.07. The SMILES string of the molecule is C1=CC=C2CC=CC=C2C=C1. The van der Waals surface area contributed by atoms with Crippen molar-refractivity contribution >= 4 is 0 Å². The minimum Gasteiger partial charge on any atom is -0.0801 e. The van der Waals surface area contributed by atoms with E-state index in [1.807, 2.05) is 0 Å². The number of rotatable bonds is 0. The lowest BCUT2D eigenvalue weighted by Gasteiger charge is -2.07. The molecule has 0 bridgehead atoms. The third-order valence-electron chi connectivity index (χ3n) is 1.92. The van der Waals surface area contributed by atoms with Crippen LogP contribution in [0.25, 0.3) is 0 Å². The molecule has 0 aliphatic heterocycles. The zero-order chi connectivity index (χ0) is 7.52. The molecule has 0 saturated heterocycles. The van der Waals surface area contributed by atoms with Gasteiger partial charge in [0.05, 0.1) is 0 Å². The van der Waals surface area contributed by atoms with Crippen LogP contribution in [0.4, 0.5) is 0 Å². The second-order valence-electron chi connectivity index (χ2n) is 2.69. The van der Waals surface area contributed by atoms with Crippen LogP contribution in [-0.2, 0) is 0 Å². The molecule has 0 unspecified atom stereocenters. The van der Waals surface area contributed by atoms with Crippen LogP contribution in [0.15, 0.2) is 59.8 Å². The van der Waals surface area contributed by atoms with Gasteiger partial charge in [0.2, 0.25) is 0 Å². The van der Waals surface area contributed by atoms with Gasteiger partial charge in [0.15, 0.2) is 0 Å². The lowest BCUT2D eigenvalue weighted by Crippen LogP contribution is -1.87. The Morgan fingerprint density at radius 2 is 1.91 bits per heavy atom. The maximum Gasteiger partial charge on any atom is -0.00884 e. The Balaban J connectivity index is 2.44. The van der Waals surface area contributed by atoms with Crippen molar-refractivity contribution in [2.75, 3.05) is 0 Å². The summed E-state index contributed by atoms with van der Waals surface area (Å²) in [4.78, 5) is 0. The summed E-state index contributed by atoms with van der Waals surface area (Å²) in [6.07, 6.45) is 18.1. The maximum absolute atomic E-state index is 2.18. The van der Waals surface area contributed by atoms with E-state index < -0.39 is 0 Å². The summed E-state index contributed by atoms with van der Waals surface area (Å²) in [6, 6.07) is 0. The predicted molar refractivity (Wildman–Crippen MR) is 48.2 cm³/mol. The van der Waals surface area contributed by atoms with E-state index in [2.05, 4.69) is 48.6 Å². The highest BCUT2D eigenvalue weighted by atomic mass is 14.1. The van der Waals surface area contributed by atoms with Crippen LogP contribution in [0.5, 0.6) is 0 Å². The van der Waals surface area contributed by atoms with Crippen molar-refractivity contribution in [2.24, 2.45) is 0 Å². The fraction of sp³-hybridized carbons (Fsp3) is 0.0909. The Kier molecular flexibility index (Phi) is 1.60. The molecule has 0 nitrogen and oxygen atoms in total. The van der Waals surface area contributed by atoms with Crippen LogP contribution in [-0.4, -0.2) is 0 Å². The molecule has 0 N–H and O–H groups in total. The van der Waals surface area contributed by atoms with Gasteiger partial charge in [0.25, 0.3) is 0 Å². The molecule has 2 aliphatic carbocycles. The van der Waals surface area contributed by atoms with E-state index in [9.17, 15) is 0 Å². The van der Waals surface area contributed by atoms with Crippen molar-refractivity contribution in [1.29, 1.82) is 0 Å². The Hall–Kier alpha value is -1.30. The monoisotopic (exact) mass is 142 g/mol. The van der Waals surface area contributed by atoms with Crippen molar-refractivity contribution < 1.29 is 0 Å². The minimum absolute atomic E-state index is 1.07. The summed E-state index contributed by atoms with van der Waals surface area (Å²) in [5.74, 6) is 0. The molecule has 0 heterocycles. The molecular formula is C11H10. The van der Waals surface area contributed by atoms with Gasteiger partial charge in [-0.15, -0.1) is 0 Å². The Morgan fingerprint density at radius 1 is 0.909 bits per heavy atom. The molecule has 2 rings (SSSR count). The van der Waals surface area contributed by atoms with Gasteiger partial charge in [-0.1, -0.05) is 48.6 Å². The standard InChI is InChI=1S/C11H10/c1-2-6-10-8-4-5-9-11(10)7-3-1/h1-8H,9H2. The van der Waals surface area contributed by atoms with Gasteiger partial charge >= 0.3 is 0 Å². The molecule has 11 heavy (non-hydrogen) atoms. The summed E-state index contributed by atoms with van der Waals surface area (Å²) >= 11 is 0. The van der Waals surface area contributed by atoms with E-state index in [1.165, 1.54) is 11.1 Å². The third kappa shape index (κ3) is 1.25. The van der Waals surface area contributed by atoms with Crippen LogP contribution in [0.3, 0.4) is 0 Å². The molecule has 0 radical (unpaired) electrons. The normalized spacial score (nSPS) is 20.4. The zero-order valence-corrected chi connectivity index (χ0v) is 6.33. The van der Waals surface area contributed by atoms with E-state index >= 15 is 0 Å². The molecule has 0 fully saturated rings. The average molecular weight is 142 g/mol. The van der Waals surface area contributed by atoms with Gasteiger partial charge in [-0.3, -0.25) is 0 Å². The first-order chi connectivity index (χ1) is 5.47. The van der Waals surface area contributed by atoms with Crippen molar-refractivity contribution in [3.63, 3.8) is 0 Å². The quantitative estimate of drug-likeness (QED) is 0.488. The van der Waals surface area contributed by atoms with Gasteiger partial charge < -0.3 is 0 Å². The predicted octanol–water partition coefficient (Wildman–Crippen LogP) is 2.93. The van der Waals surface area contributed by atoms with Crippen LogP contribution >= 0.6 is 0 Å². The molecular weight excluding hydrogens is 132 g/mol. The number of hydrogen-bond donors (Lipinski definition) is 0. The molecule has 2 aliphatic rings. The number of hydrogen-bond acceptors (Lipinski definition) is 0. The topological polar surface area (TPSA) is 0 Å². The first-order valence-electron chi connectivity index (χ1n) is 3.88. The van der Waals surface area contributed by atoms with E-state index in [0.717, 1.165) is 6.42 Å². The van der Waals surface area contributed by atoms with Gasteiger partial charge in [-0.25, -0.2) is 0 Å². The number of fused-ring (bicyclic) bond motifs is 1. The first-order valence-corrected chi connectivity index (χ1v) is 3.88. The Bertz CT molecular complexity index is 296. The number of allylic oxidation sites excluding steroid dienone is 10. The fourth-order valence-electron chi connectivity index (χ4n) is 1.31. The molecule has 0 spiro atoms.